The number of amides is 1. The summed E-state index contributed by atoms with van der Waals surface area (Å²) in [5, 5.41) is 8.30. The minimum atomic E-state index is -0.0324. The van der Waals surface area contributed by atoms with Crippen LogP contribution in [0.3, 0.4) is 0 Å². The fourth-order valence-electron chi connectivity index (χ4n) is 3.88. The molecular formula is C25H28ClN3O3. The first-order valence-electron chi connectivity index (χ1n) is 11.1. The van der Waals surface area contributed by atoms with Crippen LogP contribution in [0.5, 0.6) is 11.5 Å². The Bertz CT molecular complexity index is 1100. The van der Waals surface area contributed by atoms with Crippen molar-refractivity contribution in [2.24, 2.45) is 0 Å². The lowest BCUT2D eigenvalue weighted by Crippen LogP contribution is -2.36. The van der Waals surface area contributed by atoms with E-state index in [9.17, 15) is 4.79 Å². The second kappa shape index (κ2) is 10.1. The number of aromatic amines is 1. The summed E-state index contributed by atoms with van der Waals surface area (Å²) in [6, 6.07) is 13.1. The predicted octanol–water partition coefficient (Wildman–Crippen LogP) is 5.51. The molecule has 1 aliphatic rings. The number of aromatic nitrogens is 2. The van der Waals surface area contributed by atoms with Gasteiger partial charge in [0.05, 0.1) is 18.9 Å². The highest BCUT2D eigenvalue weighted by molar-refractivity contribution is 6.30. The third kappa shape index (κ3) is 4.75. The highest BCUT2D eigenvalue weighted by atomic mass is 35.5. The van der Waals surface area contributed by atoms with Crippen LogP contribution in [0.4, 0.5) is 0 Å². The Labute approximate surface area is 193 Å². The van der Waals surface area contributed by atoms with Crippen LogP contribution in [0, 0.1) is 0 Å². The van der Waals surface area contributed by atoms with Gasteiger partial charge >= 0.3 is 0 Å². The minimum absolute atomic E-state index is 0.0324. The number of nitrogens with one attached hydrogen (secondary N) is 1. The average molecular weight is 454 g/mol. The Hall–Kier alpha value is -2.99. The van der Waals surface area contributed by atoms with Crippen LogP contribution in [-0.4, -0.2) is 40.8 Å². The molecule has 0 fully saturated rings. The van der Waals surface area contributed by atoms with Crippen molar-refractivity contribution in [2.45, 2.75) is 39.7 Å². The highest BCUT2D eigenvalue weighted by Gasteiger charge is 2.27. The molecule has 0 saturated carbocycles. The molecule has 1 aromatic heterocycles. The summed E-state index contributed by atoms with van der Waals surface area (Å²) < 4.78 is 11.6. The van der Waals surface area contributed by atoms with E-state index in [1.807, 2.05) is 48.2 Å². The van der Waals surface area contributed by atoms with Crippen molar-refractivity contribution in [1.29, 1.82) is 0 Å². The molecule has 4 rings (SSSR count). The van der Waals surface area contributed by atoms with E-state index in [-0.39, 0.29) is 5.91 Å². The van der Waals surface area contributed by atoms with Crippen molar-refractivity contribution in [3.8, 4) is 22.8 Å². The number of benzene rings is 2. The first-order valence-corrected chi connectivity index (χ1v) is 11.5. The van der Waals surface area contributed by atoms with E-state index >= 15 is 0 Å². The molecule has 1 aliphatic heterocycles. The largest absolute Gasteiger partial charge is 0.490 e. The van der Waals surface area contributed by atoms with Crippen molar-refractivity contribution >= 4 is 17.5 Å². The van der Waals surface area contributed by atoms with Crippen molar-refractivity contribution in [2.75, 3.05) is 19.8 Å². The average Bonchev–Trinajstić information content (AvgIpc) is 3.23. The van der Waals surface area contributed by atoms with Gasteiger partial charge in [-0.3, -0.25) is 9.89 Å². The first-order chi connectivity index (χ1) is 15.6. The van der Waals surface area contributed by atoms with Crippen LogP contribution in [0.1, 0.15) is 48.3 Å². The van der Waals surface area contributed by atoms with Gasteiger partial charge in [-0.1, -0.05) is 37.1 Å². The second-order valence-electron chi connectivity index (χ2n) is 7.81. The van der Waals surface area contributed by atoms with Crippen LogP contribution < -0.4 is 9.47 Å². The summed E-state index contributed by atoms with van der Waals surface area (Å²) in [7, 11) is 0. The van der Waals surface area contributed by atoms with Gasteiger partial charge in [-0.15, -0.1) is 0 Å². The Morgan fingerprint density at radius 3 is 2.81 bits per heavy atom. The molecule has 2 aromatic carbocycles. The van der Waals surface area contributed by atoms with Gasteiger partial charge in [-0.2, -0.15) is 5.10 Å². The smallest absolute Gasteiger partial charge is 0.254 e. The second-order valence-corrected chi connectivity index (χ2v) is 8.25. The lowest BCUT2D eigenvalue weighted by molar-refractivity contribution is 0.0734. The molecule has 0 radical (unpaired) electrons. The molecule has 32 heavy (non-hydrogen) atoms. The van der Waals surface area contributed by atoms with Gasteiger partial charge in [0.15, 0.2) is 11.5 Å². The van der Waals surface area contributed by atoms with Gasteiger partial charge in [0.2, 0.25) is 0 Å². The molecule has 2 heterocycles. The van der Waals surface area contributed by atoms with E-state index in [4.69, 9.17) is 21.1 Å². The van der Waals surface area contributed by atoms with Crippen LogP contribution in [0.25, 0.3) is 11.3 Å². The minimum Gasteiger partial charge on any atom is -0.490 e. The number of ether oxygens (including phenoxy) is 2. The van der Waals surface area contributed by atoms with E-state index in [0.29, 0.717) is 48.4 Å². The maximum absolute atomic E-state index is 13.3. The number of H-pyrrole nitrogens is 1. The van der Waals surface area contributed by atoms with Gasteiger partial charge in [0.1, 0.15) is 0 Å². The quantitative estimate of drug-likeness (QED) is 0.457. The maximum atomic E-state index is 13.3. The molecule has 3 aromatic rings. The Kier molecular flexibility index (Phi) is 7.00. The van der Waals surface area contributed by atoms with Crippen LogP contribution in [-0.2, 0) is 13.0 Å². The lowest BCUT2D eigenvalue weighted by Gasteiger charge is -2.27. The zero-order chi connectivity index (χ0) is 22.5. The normalized spacial score (nSPS) is 13.0. The molecule has 1 amide bonds. The van der Waals surface area contributed by atoms with Gasteiger partial charge in [0.25, 0.3) is 5.91 Å². The molecule has 0 unspecified atom stereocenters. The van der Waals surface area contributed by atoms with Gasteiger partial charge in [0, 0.05) is 46.9 Å². The van der Waals surface area contributed by atoms with Crippen LogP contribution >= 0.6 is 11.6 Å². The van der Waals surface area contributed by atoms with E-state index in [0.717, 1.165) is 41.8 Å². The molecular weight excluding hydrogens is 426 g/mol. The third-order valence-corrected chi connectivity index (χ3v) is 5.80. The molecule has 0 saturated heterocycles. The zero-order valence-electron chi connectivity index (χ0n) is 18.5. The summed E-state index contributed by atoms with van der Waals surface area (Å²) in [5.74, 6) is 1.25. The van der Waals surface area contributed by atoms with Gasteiger partial charge in [-0.25, -0.2) is 0 Å². The zero-order valence-corrected chi connectivity index (χ0v) is 19.2. The van der Waals surface area contributed by atoms with Crippen molar-refractivity contribution in [3.05, 3.63) is 64.3 Å². The lowest BCUT2D eigenvalue weighted by atomic mass is 10.0. The number of fused-ring (bicyclic) bond motifs is 1. The maximum Gasteiger partial charge on any atom is 0.254 e. The predicted molar refractivity (Wildman–Crippen MR) is 125 cm³/mol. The summed E-state index contributed by atoms with van der Waals surface area (Å²) >= 11 is 6.17. The number of unbranched alkanes of at least 4 members (excludes halogenated alkanes) is 1. The molecule has 0 bridgehead atoms. The van der Waals surface area contributed by atoms with E-state index in [1.165, 1.54) is 0 Å². The van der Waals surface area contributed by atoms with Crippen LogP contribution in [0.2, 0.25) is 5.02 Å². The van der Waals surface area contributed by atoms with Gasteiger partial charge in [-0.05, 0) is 43.7 Å². The summed E-state index contributed by atoms with van der Waals surface area (Å²) in [6.45, 7) is 6.30. The highest BCUT2D eigenvalue weighted by Crippen LogP contribution is 2.32. The summed E-state index contributed by atoms with van der Waals surface area (Å²) in [4.78, 5) is 15.2. The summed E-state index contributed by atoms with van der Waals surface area (Å²) in [6.07, 6.45) is 2.76. The number of nitrogens with zero attached hydrogens (tertiary/aromatic N) is 2. The molecule has 1 N–H and O–H groups in total. The van der Waals surface area contributed by atoms with Gasteiger partial charge < -0.3 is 14.4 Å². The van der Waals surface area contributed by atoms with Crippen molar-refractivity contribution in [3.63, 3.8) is 0 Å². The van der Waals surface area contributed by atoms with E-state index < -0.39 is 0 Å². The Balaban J connectivity index is 1.55. The van der Waals surface area contributed by atoms with Crippen LogP contribution in [0.15, 0.2) is 42.5 Å². The topological polar surface area (TPSA) is 67.5 Å². The third-order valence-electron chi connectivity index (χ3n) is 5.56. The van der Waals surface area contributed by atoms with E-state index in [1.54, 1.807) is 6.07 Å². The molecule has 7 heteroatoms. The first kappa shape index (κ1) is 22.2. The molecule has 168 valence electrons. The number of rotatable bonds is 8. The summed E-state index contributed by atoms with van der Waals surface area (Å²) in [5.41, 5.74) is 4.48. The van der Waals surface area contributed by atoms with Crippen molar-refractivity contribution < 1.29 is 14.3 Å². The monoisotopic (exact) mass is 453 g/mol. The number of carbonyl (C=O) groups is 1. The molecule has 0 aliphatic carbocycles. The standard InChI is InChI=1S/C25H28ClN3O3/c1-3-5-13-32-22-10-9-18(15-23(22)31-4-2)25(30)29-12-11-21-20(16-29)24(28-27-21)17-7-6-8-19(26)14-17/h6-10,14-15H,3-5,11-13,16H2,1-2H3,(H,27,28). The van der Waals surface area contributed by atoms with Crippen molar-refractivity contribution in [1.82, 2.24) is 15.1 Å². The molecule has 0 atom stereocenters. The Morgan fingerprint density at radius 2 is 2.03 bits per heavy atom. The Morgan fingerprint density at radius 1 is 1.16 bits per heavy atom. The number of halogens is 1. The van der Waals surface area contributed by atoms with E-state index in [2.05, 4.69) is 17.1 Å². The fourth-order valence-corrected chi connectivity index (χ4v) is 4.07. The SMILES string of the molecule is CCCCOc1ccc(C(=O)N2CCc3[nH]nc(-c4cccc(Cl)c4)c3C2)cc1OCC. The molecule has 0 spiro atoms. The number of hydrogen-bond acceptors (Lipinski definition) is 4. The molecule has 6 nitrogen and oxygen atoms in total. The number of hydrogen-bond donors (Lipinski definition) is 1. The number of carbonyl (C=O) groups excluding carboxylic acids is 1. The fraction of sp³-hybridized carbons (Fsp3) is 0.360.